The van der Waals surface area contributed by atoms with E-state index in [-0.39, 0.29) is 24.5 Å². The third-order valence-electron chi connectivity index (χ3n) is 2.79. The van der Waals surface area contributed by atoms with Gasteiger partial charge in [-0.2, -0.15) is 0 Å². The van der Waals surface area contributed by atoms with Gasteiger partial charge in [0.1, 0.15) is 6.10 Å². The summed E-state index contributed by atoms with van der Waals surface area (Å²) in [7, 11) is 0. The standard InChI is InChI=1S/C12H18O4/c1-9(13)15-10-5-6-11(8-10)16-12-4-2-3-7-14-12/h5-6,10-12H,2-4,7-8H2,1H3. The maximum absolute atomic E-state index is 10.8. The zero-order valence-corrected chi connectivity index (χ0v) is 9.56. The lowest BCUT2D eigenvalue weighted by Crippen LogP contribution is -2.27. The van der Waals surface area contributed by atoms with Crippen LogP contribution in [0.2, 0.25) is 0 Å². The van der Waals surface area contributed by atoms with Crippen molar-refractivity contribution in [3.05, 3.63) is 12.2 Å². The summed E-state index contributed by atoms with van der Waals surface area (Å²) >= 11 is 0. The minimum Gasteiger partial charge on any atom is -0.458 e. The van der Waals surface area contributed by atoms with Gasteiger partial charge >= 0.3 is 5.97 Å². The van der Waals surface area contributed by atoms with Gasteiger partial charge in [0, 0.05) is 20.0 Å². The molecular formula is C12H18O4. The van der Waals surface area contributed by atoms with Crippen LogP contribution in [0.3, 0.4) is 0 Å². The van der Waals surface area contributed by atoms with Gasteiger partial charge in [0.2, 0.25) is 0 Å². The highest BCUT2D eigenvalue weighted by molar-refractivity contribution is 5.66. The van der Waals surface area contributed by atoms with Gasteiger partial charge in [0.25, 0.3) is 0 Å². The van der Waals surface area contributed by atoms with E-state index < -0.39 is 0 Å². The lowest BCUT2D eigenvalue weighted by Gasteiger charge is -2.25. The van der Waals surface area contributed by atoms with E-state index in [0.29, 0.717) is 6.42 Å². The summed E-state index contributed by atoms with van der Waals surface area (Å²) in [5.74, 6) is -0.246. The fourth-order valence-corrected chi connectivity index (χ4v) is 2.05. The molecule has 3 unspecified atom stereocenters. The number of carbonyl (C=O) groups excluding carboxylic acids is 1. The molecule has 1 fully saturated rings. The fourth-order valence-electron chi connectivity index (χ4n) is 2.05. The van der Waals surface area contributed by atoms with E-state index in [1.165, 1.54) is 6.92 Å². The van der Waals surface area contributed by atoms with Crippen LogP contribution in [0.25, 0.3) is 0 Å². The van der Waals surface area contributed by atoms with E-state index in [1.54, 1.807) is 0 Å². The fraction of sp³-hybridized carbons (Fsp3) is 0.750. The predicted octanol–water partition coefficient (Wildman–Crippen LogP) is 1.79. The number of hydrogen-bond acceptors (Lipinski definition) is 4. The number of hydrogen-bond donors (Lipinski definition) is 0. The molecule has 1 aliphatic heterocycles. The van der Waals surface area contributed by atoms with Crippen molar-refractivity contribution >= 4 is 5.97 Å². The Labute approximate surface area is 95.6 Å². The highest BCUT2D eigenvalue weighted by atomic mass is 16.7. The zero-order valence-electron chi connectivity index (χ0n) is 9.56. The highest BCUT2D eigenvalue weighted by Gasteiger charge is 2.25. The van der Waals surface area contributed by atoms with Crippen molar-refractivity contribution in [1.82, 2.24) is 0 Å². The van der Waals surface area contributed by atoms with Gasteiger partial charge in [-0.1, -0.05) is 6.08 Å². The van der Waals surface area contributed by atoms with E-state index in [9.17, 15) is 4.79 Å². The first kappa shape index (κ1) is 11.6. The maximum Gasteiger partial charge on any atom is 0.303 e. The second kappa shape index (κ2) is 5.46. The van der Waals surface area contributed by atoms with Crippen LogP contribution in [-0.4, -0.2) is 31.1 Å². The zero-order chi connectivity index (χ0) is 11.4. The largest absolute Gasteiger partial charge is 0.458 e. The molecule has 3 atom stereocenters. The van der Waals surface area contributed by atoms with Crippen LogP contribution in [0.15, 0.2) is 12.2 Å². The average molecular weight is 226 g/mol. The van der Waals surface area contributed by atoms with Crippen LogP contribution in [0, 0.1) is 0 Å². The van der Waals surface area contributed by atoms with Gasteiger partial charge in [-0.3, -0.25) is 4.79 Å². The SMILES string of the molecule is CC(=O)OC1C=CC(OC2CCCCO2)C1. The second-order valence-corrected chi connectivity index (χ2v) is 4.24. The van der Waals surface area contributed by atoms with Crippen LogP contribution in [0.5, 0.6) is 0 Å². The van der Waals surface area contributed by atoms with E-state index >= 15 is 0 Å². The molecule has 90 valence electrons. The molecule has 0 N–H and O–H groups in total. The Morgan fingerprint density at radius 3 is 2.81 bits per heavy atom. The molecule has 0 aromatic heterocycles. The van der Waals surface area contributed by atoms with Gasteiger partial charge in [-0.25, -0.2) is 0 Å². The molecule has 0 bridgehead atoms. The number of ether oxygens (including phenoxy) is 3. The van der Waals surface area contributed by atoms with Crippen LogP contribution in [0.1, 0.15) is 32.6 Å². The third kappa shape index (κ3) is 3.32. The minimum absolute atomic E-state index is 0.0208. The van der Waals surface area contributed by atoms with Gasteiger partial charge in [-0.05, 0) is 25.3 Å². The molecule has 0 aromatic rings. The number of rotatable bonds is 3. The summed E-state index contributed by atoms with van der Waals surface area (Å²) in [5.41, 5.74) is 0. The Kier molecular flexibility index (Phi) is 3.96. The third-order valence-corrected chi connectivity index (χ3v) is 2.79. The monoisotopic (exact) mass is 226 g/mol. The van der Waals surface area contributed by atoms with Crippen molar-refractivity contribution in [2.24, 2.45) is 0 Å². The summed E-state index contributed by atoms with van der Waals surface area (Å²) < 4.78 is 16.3. The van der Waals surface area contributed by atoms with Crippen molar-refractivity contribution < 1.29 is 19.0 Å². The normalized spacial score (nSPS) is 33.9. The summed E-state index contributed by atoms with van der Waals surface area (Å²) in [5, 5.41) is 0. The molecule has 0 spiro atoms. The molecule has 4 nitrogen and oxygen atoms in total. The van der Waals surface area contributed by atoms with E-state index in [4.69, 9.17) is 14.2 Å². The molecule has 1 aliphatic carbocycles. The first-order valence-electron chi connectivity index (χ1n) is 5.86. The summed E-state index contributed by atoms with van der Waals surface area (Å²) in [4.78, 5) is 10.8. The Morgan fingerprint density at radius 2 is 2.12 bits per heavy atom. The van der Waals surface area contributed by atoms with Crippen molar-refractivity contribution in [3.63, 3.8) is 0 Å². The molecule has 16 heavy (non-hydrogen) atoms. The molecule has 0 amide bonds. The topological polar surface area (TPSA) is 44.8 Å². The molecule has 0 aromatic carbocycles. The first-order chi connectivity index (χ1) is 7.74. The average Bonchev–Trinajstić information content (AvgIpc) is 2.66. The van der Waals surface area contributed by atoms with E-state index in [1.807, 2.05) is 12.2 Å². The Bertz CT molecular complexity index is 268. The molecular weight excluding hydrogens is 208 g/mol. The molecule has 0 radical (unpaired) electrons. The van der Waals surface area contributed by atoms with E-state index in [2.05, 4.69) is 0 Å². The van der Waals surface area contributed by atoms with Crippen molar-refractivity contribution in [3.8, 4) is 0 Å². The van der Waals surface area contributed by atoms with Gasteiger partial charge in [0.05, 0.1) is 6.10 Å². The molecule has 2 rings (SSSR count). The van der Waals surface area contributed by atoms with Crippen LogP contribution in [0.4, 0.5) is 0 Å². The lowest BCUT2D eigenvalue weighted by atomic mass is 10.2. The second-order valence-electron chi connectivity index (χ2n) is 4.24. The predicted molar refractivity (Wildman–Crippen MR) is 57.8 cm³/mol. The highest BCUT2D eigenvalue weighted by Crippen LogP contribution is 2.22. The Hall–Kier alpha value is -0.870. The summed E-state index contributed by atoms with van der Waals surface area (Å²) in [6.07, 6.45) is 7.59. The van der Waals surface area contributed by atoms with Crippen LogP contribution in [-0.2, 0) is 19.0 Å². The van der Waals surface area contributed by atoms with Crippen molar-refractivity contribution in [1.29, 1.82) is 0 Å². The quantitative estimate of drug-likeness (QED) is 0.543. The minimum atomic E-state index is -0.246. The lowest BCUT2D eigenvalue weighted by molar-refractivity contribution is -0.181. The summed E-state index contributed by atoms with van der Waals surface area (Å²) in [6, 6.07) is 0. The first-order valence-corrected chi connectivity index (χ1v) is 5.86. The van der Waals surface area contributed by atoms with Gasteiger partial charge in [0.15, 0.2) is 6.29 Å². The van der Waals surface area contributed by atoms with Crippen LogP contribution < -0.4 is 0 Å². The molecule has 1 heterocycles. The van der Waals surface area contributed by atoms with Gasteiger partial charge < -0.3 is 14.2 Å². The smallest absolute Gasteiger partial charge is 0.303 e. The van der Waals surface area contributed by atoms with Crippen molar-refractivity contribution in [2.75, 3.05) is 6.61 Å². The summed E-state index contributed by atoms with van der Waals surface area (Å²) in [6.45, 7) is 2.21. The molecule has 4 heteroatoms. The Morgan fingerprint density at radius 1 is 1.31 bits per heavy atom. The Balaban J connectivity index is 1.72. The number of esters is 1. The van der Waals surface area contributed by atoms with Crippen molar-refractivity contribution in [2.45, 2.75) is 51.1 Å². The number of carbonyl (C=O) groups is 1. The molecule has 1 saturated heterocycles. The maximum atomic E-state index is 10.8. The van der Waals surface area contributed by atoms with E-state index in [0.717, 1.165) is 25.9 Å². The molecule has 0 saturated carbocycles. The van der Waals surface area contributed by atoms with Crippen LogP contribution >= 0.6 is 0 Å². The van der Waals surface area contributed by atoms with Gasteiger partial charge in [-0.15, -0.1) is 0 Å². The molecule has 2 aliphatic rings.